The number of thiocarbonyl (C=S) groups is 1. The highest BCUT2D eigenvalue weighted by molar-refractivity contribution is 7.80. The van der Waals surface area contributed by atoms with Gasteiger partial charge in [0.25, 0.3) is 0 Å². The molecule has 0 aliphatic rings. The van der Waals surface area contributed by atoms with Gasteiger partial charge in [-0.25, -0.2) is 8.95 Å². The topological polar surface area (TPSA) is 58.1 Å². The molecule has 4 rings (SSSR count). The standard InChI is InChI=1S/C23H21N5S2/c1-16-8-12-19(13-9-16)25-22-27(20-14-10-17(2)11-15-20)21(24)30-28(22)23(29)26-18-6-4-3-5-7-18/h3-15,24H,1-2H3,(H,26,29). The fraction of sp³-hybridized carbons (Fsp3) is 0.0870. The van der Waals surface area contributed by atoms with Crippen LogP contribution in [0.1, 0.15) is 11.1 Å². The van der Waals surface area contributed by atoms with E-state index < -0.39 is 0 Å². The summed E-state index contributed by atoms with van der Waals surface area (Å²) in [6.07, 6.45) is 0. The van der Waals surface area contributed by atoms with Gasteiger partial charge in [-0.2, -0.15) is 0 Å². The Morgan fingerprint density at radius 3 is 2.13 bits per heavy atom. The highest BCUT2D eigenvalue weighted by atomic mass is 32.1. The fourth-order valence-corrected chi connectivity index (χ4v) is 4.02. The van der Waals surface area contributed by atoms with Crippen LogP contribution in [-0.2, 0) is 0 Å². The average Bonchev–Trinajstić information content (AvgIpc) is 3.07. The molecule has 0 saturated carbocycles. The van der Waals surface area contributed by atoms with Crippen molar-refractivity contribution in [2.75, 3.05) is 5.32 Å². The molecule has 0 spiro atoms. The molecule has 0 bridgehead atoms. The van der Waals surface area contributed by atoms with E-state index in [0.29, 0.717) is 15.5 Å². The van der Waals surface area contributed by atoms with Gasteiger partial charge < -0.3 is 5.32 Å². The summed E-state index contributed by atoms with van der Waals surface area (Å²) in [5.74, 6) is 0. The maximum Gasteiger partial charge on any atom is 0.233 e. The Bertz CT molecular complexity index is 1290. The molecule has 0 fully saturated rings. The van der Waals surface area contributed by atoms with E-state index in [1.807, 2.05) is 97.3 Å². The lowest BCUT2D eigenvalue weighted by molar-refractivity contribution is 0.859. The Labute approximate surface area is 184 Å². The first-order valence-electron chi connectivity index (χ1n) is 9.46. The second-order valence-electron chi connectivity index (χ2n) is 6.91. The van der Waals surface area contributed by atoms with Crippen LogP contribution in [0.25, 0.3) is 5.69 Å². The summed E-state index contributed by atoms with van der Waals surface area (Å²) in [5, 5.41) is 12.3. The van der Waals surface area contributed by atoms with Gasteiger partial charge in [-0.3, -0.25) is 9.98 Å². The van der Waals surface area contributed by atoms with Crippen LogP contribution in [0.4, 0.5) is 11.4 Å². The van der Waals surface area contributed by atoms with Gasteiger partial charge in [0.05, 0.1) is 11.4 Å². The number of hydrogen-bond acceptors (Lipinski definition) is 4. The van der Waals surface area contributed by atoms with E-state index in [2.05, 4.69) is 5.32 Å². The number of nitrogens with one attached hydrogen (secondary N) is 2. The largest absolute Gasteiger partial charge is 0.331 e. The summed E-state index contributed by atoms with van der Waals surface area (Å²) in [4.78, 5) is 5.19. The molecule has 150 valence electrons. The Morgan fingerprint density at radius 2 is 1.50 bits per heavy atom. The number of rotatable bonds is 3. The molecule has 2 N–H and O–H groups in total. The van der Waals surface area contributed by atoms with Gasteiger partial charge in [0.15, 0.2) is 5.11 Å². The summed E-state index contributed by atoms with van der Waals surface area (Å²) in [5.41, 5.74) is 5.46. The average molecular weight is 432 g/mol. The van der Waals surface area contributed by atoms with Crippen molar-refractivity contribution < 1.29 is 0 Å². The third-order valence-corrected chi connectivity index (χ3v) is 5.81. The van der Waals surface area contributed by atoms with Gasteiger partial charge in [-0.15, -0.1) is 0 Å². The van der Waals surface area contributed by atoms with Crippen LogP contribution in [0.2, 0.25) is 0 Å². The summed E-state index contributed by atoms with van der Waals surface area (Å²) in [7, 11) is 0. The molecule has 0 amide bonds. The van der Waals surface area contributed by atoms with Crippen molar-refractivity contribution in [3.63, 3.8) is 0 Å². The zero-order chi connectivity index (χ0) is 21.1. The Balaban J connectivity index is 1.88. The SMILES string of the molecule is Cc1ccc(N=c2n(C(=S)Nc3ccccc3)sc(=N)n2-c2ccc(C)cc2)cc1. The molecule has 1 aromatic heterocycles. The first kappa shape index (κ1) is 20.0. The van der Waals surface area contributed by atoms with Crippen molar-refractivity contribution >= 4 is 40.2 Å². The van der Waals surface area contributed by atoms with Gasteiger partial charge in [0.2, 0.25) is 10.4 Å². The molecule has 4 aromatic rings. The van der Waals surface area contributed by atoms with Crippen molar-refractivity contribution in [3.05, 3.63) is 100 Å². The Kier molecular flexibility index (Phi) is 5.74. The van der Waals surface area contributed by atoms with E-state index in [4.69, 9.17) is 22.6 Å². The third kappa shape index (κ3) is 4.32. The van der Waals surface area contributed by atoms with Crippen molar-refractivity contribution in [1.29, 1.82) is 5.41 Å². The lowest BCUT2D eigenvalue weighted by atomic mass is 10.2. The van der Waals surface area contributed by atoms with Gasteiger partial charge in [-0.05, 0) is 74.0 Å². The van der Waals surface area contributed by atoms with Gasteiger partial charge >= 0.3 is 0 Å². The molecule has 0 saturated heterocycles. The van der Waals surface area contributed by atoms with Crippen LogP contribution in [0.5, 0.6) is 0 Å². The lowest BCUT2D eigenvalue weighted by Crippen LogP contribution is -2.33. The zero-order valence-corrected chi connectivity index (χ0v) is 18.3. The van der Waals surface area contributed by atoms with Crippen LogP contribution < -0.4 is 15.7 Å². The summed E-state index contributed by atoms with van der Waals surface area (Å²) in [6, 6.07) is 25.8. The number of hydrogen-bond donors (Lipinski definition) is 2. The van der Waals surface area contributed by atoms with Crippen molar-refractivity contribution in [1.82, 2.24) is 8.52 Å². The van der Waals surface area contributed by atoms with Crippen molar-refractivity contribution in [3.8, 4) is 5.69 Å². The summed E-state index contributed by atoms with van der Waals surface area (Å²) >= 11 is 6.91. The highest BCUT2D eigenvalue weighted by Gasteiger charge is 2.13. The van der Waals surface area contributed by atoms with Gasteiger partial charge in [-0.1, -0.05) is 53.6 Å². The minimum atomic E-state index is 0.335. The minimum absolute atomic E-state index is 0.335. The fourth-order valence-electron chi connectivity index (χ4n) is 2.93. The first-order valence-corrected chi connectivity index (χ1v) is 10.6. The molecule has 7 heteroatoms. The zero-order valence-electron chi connectivity index (χ0n) is 16.7. The van der Waals surface area contributed by atoms with Crippen molar-refractivity contribution in [2.24, 2.45) is 4.99 Å². The van der Waals surface area contributed by atoms with Crippen LogP contribution >= 0.6 is 23.8 Å². The molecule has 0 unspecified atom stereocenters. The van der Waals surface area contributed by atoms with E-state index in [1.165, 1.54) is 17.1 Å². The molecule has 5 nitrogen and oxygen atoms in total. The number of benzene rings is 3. The van der Waals surface area contributed by atoms with E-state index in [1.54, 1.807) is 3.96 Å². The second kappa shape index (κ2) is 8.61. The molecule has 0 radical (unpaired) electrons. The van der Waals surface area contributed by atoms with Crippen LogP contribution in [-0.4, -0.2) is 13.6 Å². The predicted molar refractivity (Wildman–Crippen MR) is 127 cm³/mol. The predicted octanol–water partition coefficient (Wildman–Crippen LogP) is 4.91. The molecule has 0 atom stereocenters. The second-order valence-corrected chi connectivity index (χ2v) is 8.23. The number of anilines is 1. The molecule has 1 heterocycles. The molecule has 3 aromatic carbocycles. The maximum absolute atomic E-state index is 8.61. The molecule has 30 heavy (non-hydrogen) atoms. The van der Waals surface area contributed by atoms with Crippen LogP contribution in [0.3, 0.4) is 0 Å². The number of para-hydroxylation sites is 1. The van der Waals surface area contributed by atoms with E-state index in [0.717, 1.165) is 22.6 Å². The number of nitrogens with zero attached hydrogens (tertiary/aromatic N) is 3. The minimum Gasteiger partial charge on any atom is -0.331 e. The molecule has 0 aliphatic heterocycles. The number of aromatic nitrogens is 2. The van der Waals surface area contributed by atoms with E-state index >= 15 is 0 Å². The smallest absolute Gasteiger partial charge is 0.233 e. The monoisotopic (exact) mass is 431 g/mol. The normalized spacial score (nSPS) is 11.5. The van der Waals surface area contributed by atoms with Crippen LogP contribution in [0, 0.1) is 19.3 Å². The van der Waals surface area contributed by atoms with Crippen molar-refractivity contribution in [2.45, 2.75) is 13.8 Å². The summed E-state index contributed by atoms with van der Waals surface area (Å²) in [6.45, 7) is 4.09. The summed E-state index contributed by atoms with van der Waals surface area (Å²) < 4.78 is 3.59. The van der Waals surface area contributed by atoms with E-state index in [-0.39, 0.29) is 0 Å². The lowest BCUT2D eigenvalue weighted by Gasteiger charge is -2.09. The van der Waals surface area contributed by atoms with Crippen LogP contribution in [0.15, 0.2) is 83.9 Å². The highest BCUT2D eigenvalue weighted by Crippen LogP contribution is 2.13. The maximum atomic E-state index is 8.61. The first-order chi connectivity index (χ1) is 14.5. The molecular weight excluding hydrogens is 410 g/mol. The Morgan fingerprint density at radius 1 is 0.900 bits per heavy atom. The quantitative estimate of drug-likeness (QED) is 0.453. The number of aryl methyl sites for hydroxylation is 2. The van der Waals surface area contributed by atoms with Gasteiger partial charge in [0, 0.05) is 5.69 Å². The van der Waals surface area contributed by atoms with E-state index in [9.17, 15) is 0 Å². The Hall–Kier alpha value is -3.29. The molecule has 0 aliphatic carbocycles. The molecular formula is C23H21N5S2. The third-order valence-electron chi connectivity index (χ3n) is 4.53. The van der Waals surface area contributed by atoms with Gasteiger partial charge in [0.1, 0.15) is 0 Å².